The zero-order chi connectivity index (χ0) is 23.9. The Bertz CT molecular complexity index is 1860. The molecular weight excluding hydrogens is 438 g/mol. The smallest absolute Gasteiger partial charge is 0.226 e. The normalized spacial score (nSPS) is 11.9. The van der Waals surface area contributed by atoms with Crippen molar-refractivity contribution in [3.8, 4) is 28.9 Å². The molecule has 0 spiro atoms. The van der Waals surface area contributed by atoms with Gasteiger partial charge >= 0.3 is 0 Å². The number of pyridine rings is 3. The lowest BCUT2D eigenvalue weighted by atomic mass is 10.0. The number of hydrogen-bond donors (Lipinski definition) is 0. The number of imidazole rings is 1. The van der Waals surface area contributed by atoms with E-state index in [1.54, 1.807) is 31.8 Å². The van der Waals surface area contributed by atoms with Gasteiger partial charge in [0.05, 0.1) is 47.3 Å². The second-order valence-corrected chi connectivity index (χ2v) is 8.10. The second kappa shape index (κ2) is 8.08. The summed E-state index contributed by atoms with van der Waals surface area (Å²) in [6, 6.07) is 20.1. The molecule has 0 aliphatic heterocycles. The van der Waals surface area contributed by atoms with Gasteiger partial charge in [-0.3, -0.25) is 14.5 Å². The molecule has 2 aromatic carbocycles. The average Bonchev–Trinajstić information content (AvgIpc) is 3.20. The molecule has 8 nitrogen and oxygen atoms in total. The summed E-state index contributed by atoms with van der Waals surface area (Å²) in [6.45, 7) is 0. The molecule has 0 amide bonds. The van der Waals surface area contributed by atoms with Crippen molar-refractivity contribution in [3.05, 3.63) is 84.9 Å². The number of nitrogens with zero attached hydrogens (tertiary/aromatic N) is 7. The van der Waals surface area contributed by atoms with E-state index in [9.17, 15) is 5.26 Å². The van der Waals surface area contributed by atoms with E-state index in [4.69, 9.17) is 4.74 Å². The molecular formula is C27H19N7O. The van der Waals surface area contributed by atoms with Gasteiger partial charge in [0.1, 0.15) is 0 Å². The Morgan fingerprint density at radius 3 is 2.57 bits per heavy atom. The Morgan fingerprint density at radius 1 is 0.914 bits per heavy atom. The summed E-state index contributed by atoms with van der Waals surface area (Å²) in [5.74, 6) is 0.507. The maximum atomic E-state index is 9.41. The number of aromatic nitrogens is 5. The molecule has 0 aliphatic carbocycles. The largest absolute Gasteiger partial charge is 0.481 e. The zero-order valence-corrected chi connectivity index (χ0v) is 19.0. The van der Waals surface area contributed by atoms with Crippen molar-refractivity contribution in [1.29, 1.82) is 5.26 Å². The van der Waals surface area contributed by atoms with Crippen molar-refractivity contribution in [1.82, 2.24) is 24.1 Å². The van der Waals surface area contributed by atoms with Crippen molar-refractivity contribution >= 4 is 32.8 Å². The lowest BCUT2D eigenvalue weighted by molar-refractivity contribution is 0.398. The van der Waals surface area contributed by atoms with Gasteiger partial charge in [-0.15, -0.1) is 4.99 Å². The molecule has 0 aliphatic rings. The van der Waals surface area contributed by atoms with Crippen molar-refractivity contribution in [2.45, 2.75) is 0 Å². The van der Waals surface area contributed by atoms with Crippen LogP contribution in [0.2, 0.25) is 0 Å². The molecule has 35 heavy (non-hydrogen) atoms. The van der Waals surface area contributed by atoms with Gasteiger partial charge in [0, 0.05) is 30.1 Å². The van der Waals surface area contributed by atoms with E-state index in [2.05, 4.69) is 56.3 Å². The number of nitriles is 1. The summed E-state index contributed by atoms with van der Waals surface area (Å²) in [7, 11) is 3.45. The lowest BCUT2D eigenvalue weighted by Gasteiger charge is -2.09. The first-order valence-corrected chi connectivity index (χ1v) is 11.0. The monoisotopic (exact) mass is 457 g/mol. The molecule has 0 N–H and O–H groups in total. The third-order valence-electron chi connectivity index (χ3n) is 6.18. The van der Waals surface area contributed by atoms with Crippen LogP contribution in [0.5, 0.6) is 5.88 Å². The van der Waals surface area contributed by atoms with Crippen LogP contribution in [0.1, 0.15) is 0 Å². The summed E-state index contributed by atoms with van der Waals surface area (Å²) in [6.07, 6.45) is 7.25. The molecule has 0 atom stereocenters. The van der Waals surface area contributed by atoms with E-state index in [-0.39, 0.29) is 0 Å². The standard InChI is InChI=1S/C27H19N7O/c1-33-24-15-30-22-9-7-18(19-6-5-17-4-3-11-29-23(17)13-19)12-21(22)26(24)34(27(33)32-16-28)20-8-10-25(35-2)31-14-20/h3-15H,1-2H3/b32-27-. The third-order valence-corrected chi connectivity index (χ3v) is 6.18. The first-order chi connectivity index (χ1) is 17.2. The van der Waals surface area contributed by atoms with E-state index >= 15 is 0 Å². The van der Waals surface area contributed by atoms with E-state index in [0.29, 0.717) is 11.5 Å². The maximum Gasteiger partial charge on any atom is 0.226 e. The highest BCUT2D eigenvalue weighted by atomic mass is 16.5. The second-order valence-electron chi connectivity index (χ2n) is 8.10. The number of aryl methyl sites for hydroxylation is 1. The number of benzene rings is 2. The van der Waals surface area contributed by atoms with Gasteiger partial charge in [-0.1, -0.05) is 24.3 Å². The molecule has 168 valence electrons. The highest BCUT2D eigenvalue weighted by molar-refractivity contribution is 6.04. The SMILES string of the molecule is COc1ccc(-n2/c(=N\C#N)n(C)c3cnc4ccc(-c5ccc6cccnc6c5)cc4c32)cn1. The Morgan fingerprint density at radius 2 is 1.77 bits per heavy atom. The minimum absolute atomic E-state index is 0.476. The number of methoxy groups -OCH3 is 1. The minimum Gasteiger partial charge on any atom is -0.481 e. The topological polar surface area (TPSA) is 93.9 Å². The molecule has 0 bridgehead atoms. The molecule has 0 fully saturated rings. The fourth-order valence-corrected chi connectivity index (χ4v) is 4.47. The fourth-order valence-electron chi connectivity index (χ4n) is 4.47. The Labute approximate surface area is 200 Å². The Hall–Kier alpha value is -5.03. The van der Waals surface area contributed by atoms with Gasteiger partial charge in [0.25, 0.3) is 0 Å². The zero-order valence-electron chi connectivity index (χ0n) is 19.0. The van der Waals surface area contributed by atoms with Crippen LogP contribution in [0, 0.1) is 11.5 Å². The van der Waals surface area contributed by atoms with Gasteiger partial charge < -0.3 is 9.30 Å². The van der Waals surface area contributed by atoms with E-state index in [0.717, 1.165) is 49.7 Å². The van der Waals surface area contributed by atoms with Crippen LogP contribution in [-0.2, 0) is 7.05 Å². The van der Waals surface area contributed by atoms with Crippen LogP contribution in [0.15, 0.2) is 84.2 Å². The molecule has 6 rings (SSSR count). The van der Waals surface area contributed by atoms with Crippen molar-refractivity contribution < 1.29 is 4.74 Å². The molecule has 4 aromatic heterocycles. The van der Waals surface area contributed by atoms with Crippen molar-refractivity contribution in [3.63, 3.8) is 0 Å². The minimum atomic E-state index is 0.476. The van der Waals surface area contributed by atoms with E-state index < -0.39 is 0 Å². The number of rotatable bonds is 3. The molecule has 6 aromatic rings. The van der Waals surface area contributed by atoms with Gasteiger partial charge in [-0.2, -0.15) is 5.26 Å². The van der Waals surface area contributed by atoms with Gasteiger partial charge in [-0.05, 0) is 41.5 Å². The Kier molecular flexibility index (Phi) is 4.75. The van der Waals surface area contributed by atoms with Crippen LogP contribution in [0.3, 0.4) is 0 Å². The molecule has 0 saturated heterocycles. The fraction of sp³-hybridized carbons (Fsp3) is 0.0741. The summed E-state index contributed by atoms with van der Waals surface area (Å²) in [4.78, 5) is 17.7. The molecule has 4 heterocycles. The average molecular weight is 457 g/mol. The molecule has 0 unspecified atom stereocenters. The van der Waals surface area contributed by atoms with Crippen LogP contribution >= 0.6 is 0 Å². The van der Waals surface area contributed by atoms with Gasteiger partial charge in [-0.25, -0.2) is 4.98 Å². The summed E-state index contributed by atoms with van der Waals surface area (Å²) in [5.41, 5.74) is 6.85. The lowest BCUT2D eigenvalue weighted by Crippen LogP contribution is -2.22. The van der Waals surface area contributed by atoms with E-state index in [1.807, 2.05) is 40.6 Å². The molecule has 0 saturated carbocycles. The summed E-state index contributed by atoms with van der Waals surface area (Å²) < 4.78 is 9.02. The summed E-state index contributed by atoms with van der Waals surface area (Å²) in [5, 5.41) is 11.4. The van der Waals surface area contributed by atoms with Gasteiger partial charge in [0.2, 0.25) is 17.7 Å². The van der Waals surface area contributed by atoms with Crippen LogP contribution in [-0.4, -0.2) is 31.2 Å². The predicted octanol–water partition coefficient (Wildman–Crippen LogP) is 4.52. The summed E-state index contributed by atoms with van der Waals surface area (Å²) >= 11 is 0. The van der Waals surface area contributed by atoms with Crippen LogP contribution in [0.4, 0.5) is 0 Å². The van der Waals surface area contributed by atoms with Crippen LogP contribution < -0.4 is 10.4 Å². The van der Waals surface area contributed by atoms with Crippen LogP contribution in [0.25, 0.3) is 49.7 Å². The van der Waals surface area contributed by atoms with Gasteiger partial charge in [0.15, 0.2) is 0 Å². The predicted molar refractivity (Wildman–Crippen MR) is 134 cm³/mol. The quantitative estimate of drug-likeness (QED) is 0.364. The van der Waals surface area contributed by atoms with Crippen molar-refractivity contribution in [2.24, 2.45) is 12.0 Å². The highest BCUT2D eigenvalue weighted by Gasteiger charge is 2.16. The third kappa shape index (κ3) is 3.30. The molecule has 0 radical (unpaired) electrons. The number of ether oxygens (including phenoxy) is 1. The Balaban J connectivity index is 1.67. The number of hydrogen-bond acceptors (Lipinski definition) is 6. The molecule has 8 heteroatoms. The van der Waals surface area contributed by atoms with Crippen molar-refractivity contribution in [2.75, 3.05) is 7.11 Å². The first-order valence-electron chi connectivity index (χ1n) is 11.0. The maximum absolute atomic E-state index is 9.41. The highest BCUT2D eigenvalue weighted by Crippen LogP contribution is 2.31. The number of fused-ring (bicyclic) bond motifs is 4. The van der Waals surface area contributed by atoms with E-state index in [1.165, 1.54) is 0 Å². The first kappa shape index (κ1) is 20.6.